The fourth-order valence-electron chi connectivity index (χ4n) is 2.01. The summed E-state index contributed by atoms with van der Waals surface area (Å²) in [6.45, 7) is 4.34. The summed E-state index contributed by atoms with van der Waals surface area (Å²) in [6, 6.07) is -0.246. The minimum Gasteiger partial charge on any atom is -0.354 e. The van der Waals surface area contributed by atoms with Crippen LogP contribution >= 0.6 is 0 Å². The second-order valence-electron chi connectivity index (χ2n) is 4.55. The molecule has 2 aromatic rings. The Labute approximate surface area is 112 Å². The van der Waals surface area contributed by atoms with Crippen molar-refractivity contribution in [1.29, 1.82) is 0 Å². The van der Waals surface area contributed by atoms with Crippen LogP contribution in [-0.4, -0.2) is 31.6 Å². The van der Waals surface area contributed by atoms with Gasteiger partial charge in [-0.05, 0) is 13.8 Å². The third-order valence-corrected chi connectivity index (χ3v) is 3.23. The van der Waals surface area contributed by atoms with Crippen molar-refractivity contribution in [3.05, 3.63) is 36.4 Å². The number of hydrogen-bond donors (Lipinski definition) is 1. The average molecular weight is 261 g/mol. The van der Waals surface area contributed by atoms with Gasteiger partial charge >= 0.3 is 0 Å². The van der Waals surface area contributed by atoms with Gasteiger partial charge in [0.1, 0.15) is 17.7 Å². The molecular formula is C13H19N5O. The molecule has 102 valence electrons. The van der Waals surface area contributed by atoms with Crippen molar-refractivity contribution in [3.63, 3.8) is 0 Å². The number of carbonyl (C=O) groups is 1. The van der Waals surface area contributed by atoms with E-state index in [1.165, 1.54) is 0 Å². The predicted molar refractivity (Wildman–Crippen MR) is 71.6 cm³/mol. The molecule has 0 aliphatic carbocycles. The number of amides is 1. The molecule has 19 heavy (non-hydrogen) atoms. The standard InChI is InChI=1S/C13H19N5O/c1-10(18-9-7-14-11(18)2)13(19)16-5-4-12-15-6-8-17(12)3/h6-10H,4-5H2,1-3H3,(H,16,19)/t10-/m0/s1. The van der Waals surface area contributed by atoms with Crippen molar-refractivity contribution in [2.24, 2.45) is 7.05 Å². The molecule has 0 unspecified atom stereocenters. The maximum atomic E-state index is 12.0. The van der Waals surface area contributed by atoms with Crippen LogP contribution in [0.2, 0.25) is 0 Å². The highest BCUT2D eigenvalue weighted by molar-refractivity contribution is 5.79. The Morgan fingerprint density at radius 3 is 2.68 bits per heavy atom. The lowest BCUT2D eigenvalue weighted by Crippen LogP contribution is -2.33. The minimum absolute atomic E-state index is 0.00434. The van der Waals surface area contributed by atoms with Crippen molar-refractivity contribution in [3.8, 4) is 0 Å². The number of hydrogen-bond acceptors (Lipinski definition) is 3. The smallest absolute Gasteiger partial charge is 0.242 e. The molecule has 2 rings (SSSR count). The maximum Gasteiger partial charge on any atom is 0.242 e. The SMILES string of the molecule is Cc1nccn1[C@@H](C)C(=O)NCCc1nccn1C. The molecule has 0 fully saturated rings. The summed E-state index contributed by atoms with van der Waals surface area (Å²) in [7, 11) is 1.95. The number of aromatic nitrogens is 4. The number of nitrogens with zero attached hydrogens (tertiary/aromatic N) is 4. The largest absolute Gasteiger partial charge is 0.354 e. The van der Waals surface area contributed by atoms with Crippen LogP contribution in [0.4, 0.5) is 0 Å². The summed E-state index contributed by atoms with van der Waals surface area (Å²) < 4.78 is 3.81. The lowest BCUT2D eigenvalue weighted by Gasteiger charge is -2.15. The van der Waals surface area contributed by atoms with E-state index in [2.05, 4.69) is 15.3 Å². The van der Waals surface area contributed by atoms with Gasteiger partial charge in [-0.2, -0.15) is 0 Å². The number of imidazole rings is 2. The summed E-state index contributed by atoms with van der Waals surface area (Å²) in [4.78, 5) is 20.4. The molecule has 6 nitrogen and oxygen atoms in total. The van der Waals surface area contributed by atoms with Gasteiger partial charge in [0.2, 0.25) is 5.91 Å². The molecular weight excluding hydrogens is 242 g/mol. The van der Waals surface area contributed by atoms with E-state index >= 15 is 0 Å². The quantitative estimate of drug-likeness (QED) is 0.867. The fourth-order valence-corrected chi connectivity index (χ4v) is 2.01. The Morgan fingerprint density at radius 1 is 1.37 bits per heavy atom. The van der Waals surface area contributed by atoms with Crippen LogP contribution in [0.25, 0.3) is 0 Å². The van der Waals surface area contributed by atoms with Gasteiger partial charge in [0.05, 0.1) is 0 Å². The van der Waals surface area contributed by atoms with Crippen molar-refractivity contribution < 1.29 is 4.79 Å². The van der Waals surface area contributed by atoms with Gasteiger partial charge in [-0.3, -0.25) is 4.79 Å². The van der Waals surface area contributed by atoms with Crippen molar-refractivity contribution in [1.82, 2.24) is 24.4 Å². The molecule has 0 aromatic carbocycles. The van der Waals surface area contributed by atoms with Crippen molar-refractivity contribution in [2.75, 3.05) is 6.54 Å². The second-order valence-corrected chi connectivity index (χ2v) is 4.55. The Balaban J connectivity index is 1.85. The molecule has 6 heteroatoms. The first-order chi connectivity index (χ1) is 9.09. The van der Waals surface area contributed by atoms with Crippen LogP contribution in [0.5, 0.6) is 0 Å². The zero-order chi connectivity index (χ0) is 13.8. The molecule has 0 saturated carbocycles. The van der Waals surface area contributed by atoms with E-state index < -0.39 is 0 Å². The fraction of sp³-hybridized carbons (Fsp3) is 0.462. The van der Waals surface area contributed by atoms with Crippen LogP contribution in [-0.2, 0) is 18.3 Å². The van der Waals surface area contributed by atoms with Crippen LogP contribution in [0.3, 0.4) is 0 Å². The Kier molecular flexibility index (Phi) is 3.99. The molecule has 2 aromatic heterocycles. The predicted octanol–water partition coefficient (Wildman–Crippen LogP) is 0.845. The number of carbonyl (C=O) groups excluding carboxylic acids is 1. The minimum atomic E-state index is -0.246. The maximum absolute atomic E-state index is 12.0. The van der Waals surface area contributed by atoms with E-state index in [0.717, 1.165) is 18.1 Å². The molecule has 0 aliphatic rings. The third-order valence-electron chi connectivity index (χ3n) is 3.23. The molecule has 1 N–H and O–H groups in total. The van der Waals surface area contributed by atoms with Crippen LogP contribution in [0, 0.1) is 6.92 Å². The summed E-state index contributed by atoms with van der Waals surface area (Å²) >= 11 is 0. The van der Waals surface area contributed by atoms with Crippen LogP contribution in [0.1, 0.15) is 24.6 Å². The Bertz CT molecular complexity index is 557. The molecule has 0 aliphatic heterocycles. The highest BCUT2D eigenvalue weighted by Crippen LogP contribution is 2.08. The van der Waals surface area contributed by atoms with E-state index in [-0.39, 0.29) is 11.9 Å². The van der Waals surface area contributed by atoms with Gasteiger partial charge in [0, 0.05) is 44.8 Å². The zero-order valence-corrected chi connectivity index (χ0v) is 11.5. The summed E-state index contributed by atoms with van der Waals surface area (Å²) in [6.07, 6.45) is 7.90. The van der Waals surface area contributed by atoms with E-state index in [1.807, 2.05) is 42.4 Å². The van der Waals surface area contributed by atoms with Gasteiger partial charge in [-0.15, -0.1) is 0 Å². The van der Waals surface area contributed by atoms with E-state index in [4.69, 9.17) is 0 Å². The second kappa shape index (κ2) is 5.69. The summed E-state index contributed by atoms with van der Waals surface area (Å²) in [5, 5.41) is 2.92. The Morgan fingerprint density at radius 2 is 2.11 bits per heavy atom. The van der Waals surface area contributed by atoms with Crippen molar-refractivity contribution >= 4 is 5.91 Å². The lowest BCUT2D eigenvalue weighted by molar-refractivity contribution is -0.123. The molecule has 0 radical (unpaired) electrons. The van der Waals surface area contributed by atoms with Gasteiger partial charge in [0.25, 0.3) is 0 Å². The lowest BCUT2D eigenvalue weighted by atomic mass is 10.3. The molecule has 0 saturated heterocycles. The first-order valence-electron chi connectivity index (χ1n) is 6.33. The topological polar surface area (TPSA) is 64.7 Å². The number of aryl methyl sites for hydroxylation is 2. The van der Waals surface area contributed by atoms with Gasteiger partial charge < -0.3 is 14.5 Å². The summed E-state index contributed by atoms with van der Waals surface area (Å²) in [5.41, 5.74) is 0. The molecule has 0 spiro atoms. The van der Waals surface area contributed by atoms with Crippen molar-refractivity contribution in [2.45, 2.75) is 26.3 Å². The monoisotopic (exact) mass is 261 g/mol. The first kappa shape index (κ1) is 13.3. The zero-order valence-electron chi connectivity index (χ0n) is 11.5. The third kappa shape index (κ3) is 3.01. The first-order valence-corrected chi connectivity index (χ1v) is 6.33. The van der Waals surface area contributed by atoms with E-state index in [0.29, 0.717) is 6.54 Å². The highest BCUT2D eigenvalue weighted by Gasteiger charge is 2.15. The molecule has 2 heterocycles. The number of rotatable bonds is 5. The van der Waals surface area contributed by atoms with Crippen LogP contribution < -0.4 is 5.32 Å². The van der Waals surface area contributed by atoms with Gasteiger partial charge in [0.15, 0.2) is 0 Å². The van der Waals surface area contributed by atoms with Crippen LogP contribution in [0.15, 0.2) is 24.8 Å². The average Bonchev–Trinajstić information content (AvgIpc) is 2.98. The van der Waals surface area contributed by atoms with Gasteiger partial charge in [-0.25, -0.2) is 9.97 Å². The highest BCUT2D eigenvalue weighted by atomic mass is 16.2. The molecule has 1 amide bonds. The van der Waals surface area contributed by atoms with E-state index in [9.17, 15) is 4.79 Å². The van der Waals surface area contributed by atoms with Gasteiger partial charge in [-0.1, -0.05) is 0 Å². The normalized spacial score (nSPS) is 12.4. The Hall–Kier alpha value is -2.11. The van der Waals surface area contributed by atoms with E-state index in [1.54, 1.807) is 12.4 Å². The summed E-state index contributed by atoms with van der Waals surface area (Å²) in [5.74, 6) is 1.80. The molecule has 1 atom stereocenters. The number of nitrogens with one attached hydrogen (secondary N) is 1. The molecule has 0 bridgehead atoms.